The second-order valence-corrected chi connectivity index (χ2v) is 4.85. The molecule has 104 valence electrons. The van der Waals surface area contributed by atoms with Crippen LogP contribution in [0.2, 0.25) is 0 Å². The summed E-state index contributed by atoms with van der Waals surface area (Å²) in [7, 11) is 0. The number of H-pyrrole nitrogens is 1. The van der Waals surface area contributed by atoms with Crippen LogP contribution in [-0.4, -0.2) is 53.7 Å². The van der Waals surface area contributed by atoms with Gasteiger partial charge in [0.15, 0.2) is 6.29 Å². The number of nitrogens with one attached hydrogen (secondary N) is 2. The molecule has 1 aromatic rings. The highest BCUT2D eigenvalue weighted by atomic mass is 16.7. The maximum Gasteiger partial charge on any atom is 0.321 e. The molecule has 0 radical (unpaired) electrons. The average Bonchev–Trinajstić information content (AvgIpc) is 3.12. The van der Waals surface area contributed by atoms with Crippen molar-refractivity contribution in [2.24, 2.45) is 5.92 Å². The predicted octanol–water partition coefficient (Wildman–Crippen LogP) is 1.03. The molecule has 0 unspecified atom stereocenters. The lowest BCUT2D eigenvalue weighted by Crippen LogP contribution is -2.43. The number of carbonyl (C=O) groups excluding carboxylic acids is 1. The fourth-order valence-corrected chi connectivity index (χ4v) is 2.55. The van der Waals surface area contributed by atoms with Crippen molar-refractivity contribution in [3.8, 4) is 0 Å². The largest absolute Gasteiger partial charge is 0.350 e. The Morgan fingerprint density at radius 1 is 1.37 bits per heavy atom. The van der Waals surface area contributed by atoms with Gasteiger partial charge in [-0.05, 0) is 12.8 Å². The number of aromatic amines is 1. The molecule has 7 heteroatoms. The first-order valence-corrected chi connectivity index (χ1v) is 6.61. The van der Waals surface area contributed by atoms with E-state index in [-0.39, 0.29) is 12.3 Å². The van der Waals surface area contributed by atoms with Crippen LogP contribution in [0.15, 0.2) is 12.4 Å². The quantitative estimate of drug-likeness (QED) is 0.837. The summed E-state index contributed by atoms with van der Waals surface area (Å²) in [6, 6.07) is -0.0758. The van der Waals surface area contributed by atoms with Crippen molar-refractivity contribution in [1.82, 2.24) is 15.1 Å². The van der Waals surface area contributed by atoms with Gasteiger partial charge in [-0.15, -0.1) is 0 Å². The molecule has 2 aliphatic heterocycles. The van der Waals surface area contributed by atoms with E-state index in [9.17, 15) is 4.79 Å². The van der Waals surface area contributed by atoms with Crippen LogP contribution in [0.4, 0.5) is 10.5 Å². The summed E-state index contributed by atoms with van der Waals surface area (Å²) in [6.45, 7) is 2.84. The van der Waals surface area contributed by atoms with E-state index in [1.807, 2.05) is 4.90 Å². The SMILES string of the molecule is O=C(Nc1cn[nH]c1)N1CCC(C2OCCO2)CC1. The molecule has 0 aromatic carbocycles. The molecule has 2 amide bonds. The first kappa shape index (κ1) is 12.4. The summed E-state index contributed by atoms with van der Waals surface area (Å²) in [5, 5.41) is 9.27. The van der Waals surface area contributed by atoms with Crippen LogP contribution < -0.4 is 5.32 Å². The van der Waals surface area contributed by atoms with E-state index in [0.717, 1.165) is 25.9 Å². The van der Waals surface area contributed by atoms with E-state index in [2.05, 4.69) is 15.5 Å². The first-order valence-electron chi connectivity index (χ1n) is 6.61. The Kier molecular flexibility index (Phi) is 3.65. The lowest BCUT2D eigenvalue weighted by molar-refractivity contribution is -0.0950. The maximum atomic E-state index is 12.0. The summed E-state index contributed by atoms with van der Waals surface area (Å²) >= 11 is 0. The number of anilines is 1. The Bertz CT molecular complexity index is 409. The standard InChI is InChI=1S/C12H18N4O3/c17-12(15-10-7-13-14-8-10)16-3-1-9(2-4-16)11-18-5-6-19-11/h7-9,11H,1-6H2,(H,13,14)(H,15,17). The van der Waals surface area contributed by atoms with Crippen LogP contribution in [0.3, 0.4) is 0 Å². The normalized spacial score (nSPS) is 21.8. The Balaban J connectivity index is 1.48. The topological polar surface area (TPSA) is 79.5 Å². The monoisotopic (exact) mass is 266 g/mol. The van der Waals surface area contributed by atoms with E-state index in [1.54, 1.807) is 12.4 Å². The van der Waals surface area contributed by atoms with Crippen molar-refractivity contribution in [2.75, 3.05) is 31.6 Å². The number of ether oxygens (including phenoxy) is 2. The predicted molar refractivity (Wildman–Crippen MR) is 67.6 cm³/mol. The van der Waals surface area contributed by atoms with Gasteiger partial charge in [0, 0.05) is 25.2 Å². The van der Waals surface area contributed by atoms with Crippen molar-refractivity contribution in [2.45, 2.75) is 19.1 Å². The van der Waals surface area contributed by atoms with Crippen LogP contribution in [0.1, 0.15) is 12.8 Å². The second-order valence-electron chi connectivity index (χ2n) is 4.85. The molecule has 2 saturated heterocycles. The highest BCUT2D eigenvalue weighted by Crippen LogP contribution is 2.26. The number of carbonyl (C=O) groups is 1. The van der Waals surface area contributed by atoms with E-state index < -0.39 is 0 Å². The summed E-state index contributed by atoms with van der Waals surface area (Å²) in [6.07, 6.45) is 5.02. The molecule has 7 nitrogen and oxygen atoms in total. The summed E-state index contributed by atoms with van der Waals surface area (Å²) in [5.74, 6) is 0.403. The minimum Gasteiger partial charge on any atom is -0.350 e. The van der Waals surface area contributed by atoms with Gasteiger partial charge in [0.05, 0.1) is 25.1 Å². The van der Waals surface area contributed by atoms with Gasteiger partial charge in [-0.2, -0.15) is 5.10 Å². The highest BCUT2D eigenvalue weighted by Gasteiger charge is 2.31. The third kappa shape index (κ3) is 2.87. The molecule has 0 atom stereocenters. The molecule has 19 heavy (non-hydrogen) atoms. The van der Waals surface area contributed by atoms with Crippen LogP contribution in [0, 0.1) is 5.92 Å². The molecule has 0 bridgehead atoms. The number of nitrogens with zero attached hydrogens (tertiary/aromatic N) is 2. The number of hydrogen-bond donors (Lipinski definition) is 2. The zero-order valence-electron chi connectivity index (χ0n) is 10.7. The number of rotatable bonds is 2. The third-order valence-electron chi connectivity index (χ3n) is 3.61. The molecule has 0 saturated carbocycles. The number of amides is 2. The Morgan fingerprint density at radius 3 is 2.74 bits per heavy atom. The Hall–Kier alpha value is -1.60. The lowest BCUT2D eigenvalue weighted by atomic mass is 9.96. The van der Waals surface area contributed by atoms with E-state index in [4.69, 9.17) is 9.47 Å². The molecule has 1 aromatic heterocycles. The average molecular weight is 266 g/mol. The fraction of sp³-hybridized carbons (Fsp3) is 0.667. The molecule has 2 aliphatic rings. The fourth-order valence-electron chi connectivity index (χ4n) is 2.55. The van der Waals surface area contributed by atoms with Gasteiger partial charge in [-0.25, -0.2) is 4.79 Å². The van der Waals surface area contributed by atoms with E-state index in [0.29, 0.717) is 24.8 Å². The summed E-state index contributed by atoms with van der Waals surface area (Å²) in [5.41, 5.74) is 0.689. The van der Waals surface area contributed by atoms with Crippen molar-refractivity contribution in [3.05, 3.63) is 12.4 Å². The molecule has 0 aliphatic carbocycles. The molecule has 0 spiro atoms. The van der Waals surface area contributed by atoms with Gasteiger partial charge in [0.25, 0.3) is 0 Å². The minimum absolute atomic E-state index is 0.0703. The van der Waals surface area contributed by atoms with E-state index in [1.165, 1.54) is 0 Å². The van der Waals surface area contributed by atoms with Gasteiger partial charge in [-0.3, -0.25) is 5.10 Å². The smallest absolute Gasteiger partial charge is 0.321 e. The summed E-state index contributed by atoms with van der Waals surface area (Å²) in [4.78, 5) is 13.8. The Labute approximate surface area is 111 Å². The minimum atomic E-state index is -0.0758. The van der Waals surface area contributed by atoms with Crippen molar-refractivity contribution >= 4 is 11.7 Å². The number of aromatic nitrogens is 2. The maximum absolute atomic E-state index is 12.0. The van der Waals surface area contributed by atoms with Gasteiger partial charge < -0.3 is 19.7 Å². The van der Waals surface area contributed by atoms with Crippen molar-refractivity contribution in [3.63, 3.8) is 0 Å². The van der Waals surface area contributed by atoms with Gasteiger partial charge >= 0.3 is 6.03 Å². The third-order valence-corrected chi connectivity index (χ3v) is 3.61. The zero-order valence-corrected chi connectivity index (χ0v) is 10.7. The van der Waals surface area contributed by atoms with Crippen LogP contribution in [0.25, 0.3) is 0 Å². The molecule has 2 fully saturated rings. The Morgan fingerprint density at radius 2 is 2.11 bits per heavy atom. The van der Waals surface area contributed by atoms with E-state index >= 15 is 0 Å². The van der Waals surface area contributed by atoms with Crippen LogP contribution >= 0.6 is 0 Å². The van der Waals surface area contributed by atoms with Crippen LogP contribution in [0.5, 0.6) is 0 Å². The number of hydrogen-bond acceptors (Lipinski definition) is 4. The van der Waals surface area contributed by atoms with Gasteiger partial charge in [0.2, 0.25) is 0 Å². The molecule has 3 rings (SSSR count). The molecule has 2 N–H and O–H groups in total. The first-order chi connectivity index (χ1) is 9.33. The van der Waals surface area contributed by atoms with Crippen LogP contribution in [-0.2, 0) is 9.47 Å². The van der Waals surface area contributed by atoms with Crippen molar-refractivity contribution < 1.29 is 14.3 Å². The number of likely N-dealkylation sites (tertiary alicyclic amines) is 1. The summed E-state index contributed by atoms with van der Waals surface area (Å²) < 4.78 is 11.0. The van der Waals surface area contributed by atoms with Gasteiger partial charge in [-0.1, -0.05) is 0 Å². The lowest BCUT2D eigenvalue weighted by Gasteiger charge is -2.33. The highest BCUT2D eigenvalue weighted by molar-refractivity contribution is 5.89. The van der Waals surface area contributed by atoms with Gasteiger partial charge in [0.1, 0.15) is 0 Å². The van der Waals surface area contributed by atoms with Crippen molar-refractivity contribution in [1.29, 1.82) is 0 Å². The number of urea groups is 1. The molecular formula is C12H18N4O3. The molecular weight excluding hydrogens is 248 g/mol. The zero-order chi connectivity index (χ0) is 13.1. The second kappa shape index (κ2) is 5.58. The number of piperidine rings is 1. The molecule has 3 heterocycles.